The first-order valence-electron chi connectivity index (χ1n) is 4.01. The molecule has 2 rings (SSSR count). The van der Waals surface area contributed by atoms with Gasteiger partial charge in [-0.05, 0) is 12.1 Å². The molecule has 0 amide bonds. The smallest absolute Gasteiger partial charge is 0.184 e. The van der Waals surface area contributed by atoms with E-state index in [2.05, 4.69) is 9.98 Å². The minimum Gasteiger partial charge on any atom is -0.506 e. The zero-order chi connectivity index (χ0) is 9.26. The van der Waals surface area contributed by atoms with Crippen molar-refractivity contribution in [2.75, 3.05) is 6.54 Å². The van der Waals surface area contributed by atoms with E-state index in [1.807, 2.05) is 0 Å². The first-order valence-corrected chi connectivity index (χ1v) is 4.01. The van der Waals surface area contributed by atoms with E-state index in [0.717, 1.165) is 0 Å². The van der Waals surface area contributed by atoms with E-state index in [9.17, 15) is 9.90 Å². The van der Waals surface area contributed by atoms with Crippen LogP contribution in [0, 0.1) is 0 Å². The third-order valence-corrected chi connectivity index (χ3v) is 1.88. The van der Waals surface area contributed by atoms with Gasteiger partial charge in [-0.15, -0.1) is 0 Å². The molecule has 1 aliphatic rings. The predicted octanol–water partition coefficient (Wildman–Crippen LogP) is 0.549. The number of Topliss-reactive ketones (excluding diaryl/α,β-unsaturated/α-hetero) is 1. The van der Waals surface area contributed by atoms with Crippen molar-refractivity contribution in [2.45, 2.75) is 6.42 Å². The van der Waals surface area contributed by atoms with Crippen LogP contribution >= 0.6 is 0 Å². The van der Waals surface area contributed by atoms with Gasteiger partial charge in [-0.3, -0.25) is 14.8 Å². The maximum Gasteiger partial charge on any atom is 0.184 e. The summed E-state index contributed by atoms with van der Waals surface area (Å²) in [5, 5.41) is 9.39. The topological polar surface area (TPSA) is 62.5 Å². The lowest BCUT2D eigenvalue weighted by molar-refractivity contribution is -0.112. The molecule has 0 bridgehead atoms. The summed E-state index contributed by atoms with van der Waals surface area (Å²) in [6.07, 6.45) is 1.95. The fourth-order valence-corrected chi connectivity index (χ4v) is 1.26. The molecule has 0 aromatic carbocycles. The molecular weight excluding hydrogens is 168 g/mol. The normalized spacial score (nSPS) is 16.0. The number of hydrogen-bond acceptors (Lipinski definition) is 4. The van der Waals surface area contributed by atoms with Crippen LogP contribution in [-0.2, 0) is 4.79 Å². The first kappa shape index (κ1) is 7.91. The summed E-state index contributed by atoms with van der Waals surface area (Å²) in [5.74, 6) is -0.0366. The number of aliphatic imine (C=N–C) groups is 1. The lowest BCUT2D eigenvalue weighted by atomic mass is 10.1. The molecule has 0 spiro atoms. The molecule has 1 aromatic heterocycles. The molecule has 4 heteroatoms. The van der Waals surface area contributed by atoms with E-state index in [1.165, 1.54) is 12.3 Å². The van der Waals surface area contributed by atoms with Crippen LogP contribution in [0.1, 0.15) is 12.1 Å². The molecule has 0 fully saturated rings. The average molecular weight is 176 g/mol. The van der Waals surface area contributed by atoms with Crippen LogP contribution in [-0.4, -0.2) is 28.1 Å². The Morgan fingerprint density at radius 3 is 2.92 bits per heavy atom. The summed E-state index contributed by atoms with van der Waals surface area (Å²) < 4.78 is 0. The maximum absolute atomic E-state index is 11.2. The van der Waals surface area contributed by atoms with Gasteiger partial charge in [0, 0.05) is 19.2 Å². The Bertz CT molecular complexity index is 385. The number of carbonyl (C=O) groups excluding carboxylic acids is 1. The number of hydrogen-bond donors (Lipinski definition) is 1. The second-order valence-electron chi connectivity index (χ2n) is 2.77. The largest absolute Gasteiger partial charge is 0.506 e. The molecule has 1 aromatic rings. The van der Waals surface area contributed by atoms with E-state index < -0.39 is 0 Å². The molecule has 1 N–H and O–H groups in total. The zero-order valence-electron chi connectivity index (χ0n) is 6.90. The lowest BCUT2D eigenvalue weighted by Crippen LogP contribution is -2.11. The summed E-state index contributed by atoms with van der Waals surface area (Å²) in [6.45, 7) is 0.504. The minimum atomic E-state index is -0.0472. The van der Waals surface area contributed by atoms with E-state index in [4.69, 9.17) is 0 Å². The van der Waals surface area contributed by atoms with Gasteiger partial charge in [0.2, 0.25) is 0 Å². The molecule has 0 aliphatic carbocycles. The number of aromatic nitrogens is 1. The third kappa shape index (κ3) is 1.30. The molecule has 66 valence electrons. The molecule has 0 unspecified atom stereocenters. The standard InChI is InChI=1S/C9H8N2O2/c12-6-2-1-4-10-8(6)9-7(13)3-5-11-9/h1-2,4,12H,3,5H2. The van der Waals surface area contributed by atoms with Crippen LogP contribution in [0.2, 0.25) is 0 Å². The Balaban J connectivity index is 2.46. The highest BCUT2D eigenvalue weighted by Crippen LogP contribution is 2.17. The Morgan fingerprint density at radius 2 is 2.31 bits per heavy atom. The van der Waals surface area contributed by atoms with Crippen LogP contribution in [0.3, 0.4) is 0 Å². The van der Waals surface area contributed by atoms with Gasteiger partial charge in [0.25, 0.3) is 0 Å². The highest BCUT2D eigenvalue weighted by atomic mass is 16.3. The summed E-state index contributed by atoms with van der Waals surface area (Å²) in [7, 11) is 0. The Hall–Kier alpha value is -1.71. The third-order valence-electron chi connectivity index (χ3n) is 1.88. The van der Waals surface area contributed by atoms with E-state index in [-0.39, 0.29) is 11.5 Å². The minimum absolute atomic E-state index is 0.0106. The van der Waals surface area contributed by atoms with Gasteiger partial charge in [0.1, 0.15) is 17.2 Å². The number of carbonyl (C=O) groups is 1. The molecule has 1 aliphatic heterocycles. The monoisotopic (exact) mass is 176 g/mol. The lowest BCUT2D eigenvalue weighted by Gasteiger charge is -1.99. The van der Waals surface area contributed by atoms with Crippen LogP contribution in [0.25, 0.3) is 0 Å². The summed E-state index contributed by atoms with van der Waals surface area (Å²) in [4.78, 5) is 19.1. The van der Waals surface area contributed by atoms with E-state index >= 15 is 0 Å². The second-order valence-corrected chi connectivity index (χ2v) is 2.77. The van der Waals surface area contributed by atoms with E-state index in [0.29, 0.717) is 24.4 Å². The number of pyridine rings is 1. The van der Waals surface area contributed by atoms with Crippen molar-refractivity contribution in [3.8, 4) is 5.75 Å². The van der Waals surface area contributed by atoms with Crippen LogP contribution in [0.5, 0.6) is 5.75 Å². The van der Waals surface area contributed by atoms with Crippen molar-refractivity contribution in [2.24, 2.45) is 4.99 Å². The number of aromatic hydroxyl groups is 1. The van der Waals surface area contributed by atoms with Gasteiger partial charge in [-0.25, -0.2) is 0 Å². The van der Waals surface area contributed by atoms with Crippen LogP contribution in [0.4, 0.5) is 0 Å². The molecule has 4 nitrogen and oxygen atoms in total. The fourth-order valence-electron chi connectivity index (χ4n) is 1.26. The zero-order valence-corrected chi connectivity index (χ0v) is 6.90. The molecule has 0 saturated heterocycles. The average Bonchev–Trinajstić information content (AvgIpc) is 2.52. The number of nitrogens with zero attached hydrogens (tertiary/aromatic N) is 2. The Labute approximate surface area is 75.0 Å². The van der Waals surface area contributed by atoms with Crippen LogP contribution < -0.4 is 0 Å². The SMILES string of the molecule is O=C1CCN=C1c1ncccc1O. The van der Waals surface area contributed by atoms with Gasteiger partial charge in [0.05, 0.1) is 0 Å². The van der Waals surface area contributed by atoms with Crippen LogP contribution in [0.15, 0.2) is 23.3 Å². The van der Waals surface area contributed by atoms with Crippen molar-refractivity contribution in [3.05, 3.63) is 24.0 Å². The van der Waals surface area contributed by atoms with Crippen molar-refractivity contribution in [1.29, 1.82) is 0 Å². The summed E-state index contributed by atoms with van der Waals surface area (Å²) in [6, 6.07) is 3.11. The fraction of sp³-hybridized carbons (Fsp3) is 0.222. The molecule has 0 saturated carbocycles. The van der Waals surface area contributed by atoms with Crippen molar-refractivity contribution in [1.82, 2.24) is 4.98 Å². The van der Waals surface area contributed by atoms with Gasteiger partial charge in [-0.2, -0.15) is 0 Å². The van der Waals surface area contributed by atoms with E-state index in [1.54, 1.807) is 6.07 Å². The van der Waals surface area contributed by atoms with Gasteiger partial charge < -0.3 is 5.11 Å². The number of ketones is 1. The molecule has 0 atom stereocenters. The molecule has 2 heterocycles. The highest BCUT2D eigenvalue weighted by molar-refractivity contribution is 6.47. The molecule has 0 radical (unpaired) electrons. The molecule has 13 heavy (non-hydrogen) atoms. The van der Waals surface area contributed by atoms with Crippen molar-refractivity contribution < 1.29 is 9.90 Å². The predicted molar refractivity (Wildman–Crippen MR) is 46.9 cm³/mol. The summed E-state index contributed by atoms with van der Waals surface area (Å²) >= 11 is 0. The van der Waals surface area contributed by atoms with Gasteiger partial charge in [-0.1, -0.05) is 0 Å². The number of rotatable bonds is 1. The maximum atomic E-state index is 11.2. The highest BCUT2D eigenvalue weighted by Gasteiger charge is 2.22. The van der Waals surface area contributed by atoms with Gasteiger partial charge in [0.15, 0.2) is 5.78 Å². The quantitative estimate of drug-likeness (QED) is 0.679. The van der Waals surface area contributed by atoms with Crippen molar-refractivity contribution >= 4 is 11.5 Å². The summed E-state index contributed by atoms with van der Waals surface area (Å²) in [5.41, 5.74) is 0.600. The Kier molecular flexibility index (Phi) is 1.81. The first-order chi connectivity index (χ1) is 6.29. The molecular formula is C9H8N2O2. The van der Waals surface area contributed by atoms with Gasteiger partial charge >= 0.3 is 0 Å². The Morgan fingerprint density at radius 1 is 1.46 bits per heavy atom. The van der Waals surface area contributed by atoms with Crippen molar-refractivity contribution in [3.63, 3.8) is 0 Å². The second kappa shape index (κ2) is 2.97.